The summed E-state index contributed by atoms with van der Waals surface area (Å²) in [5.74, 6) is -0.120. The minimum atomic E-state index is -0.120. The Morgan fingerprint density at radius 2 is 1.80 bits per heavy atom. The highest BCUT2D eigenvalue weighted by Gasteiger charge is 2.12. The molecule has 2 nitrogen and oxygen atoms in total. The molecule has 0 saturated heterocycles. The van der Waals surface area contributed by atoms with Gasteiger partial charge in [-0.3, -0.25) is 0 Å². The summed E-state index contributed by atoms with van der Waals surface area (Å²) in [4.78, 5) is 0. The van der Waals surface area contributed by atoms with Gasteiger partial charge in [-0.05, 0) is 30.2 Å². The number of nitriles is 1. The van der Waals surface area contributed by atoms with Crippen molar-refractivity contribution in [3.8, 4) is 6.07 Å². The van der Waals surface area contributed by atoms with Crippen LogP contribution >= 0.6 is 15.9 Å². The maximum atomic E-state index is 9.31. The lowest BCUT2D eigenvalue weighted by atomic mass is 10.00. The Balaban J connectivity index is 1.99. The van der Waals surface area contributed by atoms with E-state index in [1.165, 1.54) is 5.56 Å². The summed E-state index contributed by atoms with van der Waals surface area (Å²) in [5.41, 5.74) is 2.27. The molecule has 2 aromatic rings. The van der Waals surface area contributed by atoms with Crippen molar-refractivity contribution in [2.24, 2.45) is 0 Å². The number of nitrogens with one attached hydrogen (secondary N) is 1. The van der Waals surface area contributed by atoms with Gasteiger partial charge in [0.25, 0.3) is 0 Å². The van der Waals surface area contributed by atoms with Crippen LogP contribution in [-0.2, 0) is 0 Å². The highest BCUT2D eigenvalue weighted by atomic mass is 79.9. The van der Waals surface area contributed by atoms with Gasteiger partial charge in [-0.2, -0.15) is 5.26 Å². The van der Waals surface area contributed by atoms with Crippen LogP contribution in [0.4, 0.5) is 0 Å². The van der Waals surface area contributed by atoms with Gasteiger partial charge < -0.3 is 5.32 Å². The molecule has 2 aromatic carbocycles. The molecular weight excluding hydrogens is 312 g/mol. The van der Waals surface area contributed by atoms with Crippen molar-refractivity contribution in [1.29, 1.82) is 5.26 Å². The maximum absolute atomic E-state index is 9.31. The molecule has 0 spiro atoms. The first-order chi connectivity index (χ1) is 9.70. The number of nitrogens with zero attached hydrogens (tertiary/aromatic N) is 1. The van der Waals surface area contributed by atoms with Crippen molar-refractivity contribution >= 4 is 15.9 Å². The highest BCUT2D eigenvalue weighted by molar-refractivity contribution is 9.10. The molecule has 2 atom stereocenters. The molecule has 0 radical (unpaired) electrons. The Labute approximate surface area is 128 Å². The fourth-order valence-electron chi connectivity index (χ4n) is 2.11. The normalized spacial score (nSPS) is 13.4. The molecule has 0 aliphatic rings. The van der Waals surface area contributed by atoms with Crippen molar-refractivity contribution in [1.82, 2.24) is 5.32 Å². The Morgan fingerprint density at radius 3 is 2.45 bits per heavy atom. The van der Waals surface area contributed by atoms with Crippen LogP contribution < -0.4 is 5.32 Å². The number of hydrogen-bond acceptors (Lipinski definition) is 2. The van der Waals surface area contributed by atoms with Crippen LogP contribution in [0.1, 0.15) is 30.0 Å². The molecule has 1 unspecified atom stereocenters. The van der Waals surface area contributed by atoms with E-state index < -0.39 is 0 Å². The summed E-state index contributed by atoms with van der Waals surface area (Å²) in [6.07, 6.45) is 0. The molecule has 0 aliphatic heterocycles. The molecule has 0 aromatic heterocycles. The smallest absolute Gasteiger partial charge is 0.0837 e. The van der Waals surface area contributed by atoms with Gasteiger partial charge >= 0.3 is 0 Å². The fraction of sp³-hybridized carbons (Fsp3) is 0.235. The molecule has 1 N–H and O–H groups in total. The predicted octanol–water partition coefficient (Wildman–Crippen LogP) is 4.41. The first-order valence-electron chi connectivity index (χ1n) is 6.64. The van der Waals surface area contributed by atoms with Gasteiger partial charge in [-0.25, -0.2) is 0 Å². The van der Waals surface area contributed by atoms with Crippen LogP contribution in [0.2, 0.25) is 0 Å². The molecule has 0 fully saturated rings. The van der Waals surface area contributed by atoms with E-state index in [2.05, 4.69) is 46.4 Å². The van der Waals surface area contributed by atoms with Crippen LogP contribution in [0, 0.1) is 11.3 Å². The van der Waals surface area contributed by atoms with Crippen molar-refractivity contribution in [2.45, 2.75) is 18.9 Å². The third kappa shape index (κ3) is 3.93. The lowest BCUT2D eigenvalue weighted by Crippen LogP contribution is -2.24. The summed E-state index contributed by atoms with van der Waals surface area (Å²) in [6.45, 7) is 2.76. The average Bonchev–Trinajstić information content (AvgIpc) is 2.49. The third-order valence-corrected chi connectivity index (χ3v) is 3.83. The molecule has 2 rings (SSSR count). The van der Waals surface area contributed by atoms with Crippen LogP contribution in [0.15, 0.2) is 59.1 Å². The molecule has 0 heterocycles. The molecule has 0 aliphatic carbocycles. The van der Waals surface area contributed by atoms with E-state index in [4.69, 9.17) is 0 Å². The zero-order chi connectivity index (χ0) is 14.4. The Kier molecular flexibility index (Phi) is 5.34. The first-order valence-corrected chi connectivity index (χ1v) is 7.43. The van der Waals surface area contributed by atoms with Gasteiger partial charge in [0.05, 0.1) is 12.0 Å². The van der Waals surface area contributed by atoms with E-state index in [9.17, 15) is 5.26 Å². The van der Waals surface area contributed by atoms with Crippen LogP contribution in [0.5, 0.6) is 0 Å². The monoisotopic (exact) mass is 328 g/mol. The standard InChI is InChI=1S/C17H17BrN2/c1-13(15-8-5-9-17(18)10-15)20-12-16(11-19)14-6-3-2-4-7-14/h2-10,13,16,20H,12H2,1H3/t13-,16?/m0/s1. The number of halogens is 1. The first kappa shape index (κ1) is 14.8. The summed E-state index contributed by atoms with van der Waals surface area (Å²) >= 11 is 3.48. The second-order valence-corrected chi connectivity index (χ2v) is 5.69. The van der Waals surface area contributed by atoms with Crippen molar-refractivity contribution in [3.05, 3.63) is 70.2 Å². The summed E-state index contributed by atoms with van der Waals surface area (Å²) in [6, 6.07) is 20.7. The van der Waals surface area contributed by atoms with Gasteiger partial charge in [-0.15, -0.1) is 0 Å². The van der Waals surface area contributed by atoms with E-state index >= 15 is 0 Å². The van der Waals surface area contributed by atoms with Gasteiger partial charge in [-0.1, -0.05) is 58.4 Å². The number of rotatable bonds is 5. The minimum absolute atomic E-state index is 0.120. The zero-order valence-electron chi connectivity index (χ0n) is 11.4. The van der Waals surface area contributed by atoms with E-state index in [1.54, 1.807) is 0 Å². The summed E-state index contributed by atoms with van der Waals surface area (Å²) < 4.78 is 1.07. The zero-order valence-corrected chi connectivity index (χ0v) is 13.0. The third-order valence-electron chi connectivity index (χ3n) is 3.33. The van der Waals surface area contributed by atoms with E-state index in [1.807, 2.05) is 42.5 Å². The molecule has 0 bridgehead atoms. The minimum Gasteiger partial charge on any atom is -0.309 e. The van der Waals surface area contributed by atoms with Crippen LogP contribution in [0.25, 0.3) is 0 Å². The fourth-order valence-corrected chi connectivity index (χ4v) is 2.53. The molecular formula is C17H17BrN2. The average molecular weight is 329 g/mol. The van der Waals surface area contributed by atoms with E-state index in [0.717, 1.165) is 10.0 Å². The Bertz CT molecular complexity index is 589. The molecule has 0 amide bonds. The van der Waals surface area contributed by atoms with Gasteiger partial charge in [0.2, 0.25) is 0 Å². The highest BCUT2D eigenvalue weighted by Crippen LogP contribution is 2.19. The van der Waals surface area contributed by atoms with Gasteiger partial charge in [0, 0.05) is 17.1 Å². The second kappa shape index (κ2) is 7.23. The summed E-state index contributed by atoms with van der Waals surface area (Å²) in [7, 11) is 0. The molecule has 102 valence electrons. The largest absolute Gasteiger partial charge is 0.309 e. The second-order valence-electron chi connectivity index (χ2n) is 4.78. The lowest BCUT2D eigenvalue weighted by molar-refractivity contribution is 0.558. The SMILES string of the molecule is C[C@H](NCC(C#N)c1ccccc1)c1cccc(Br)c1. The Morgan fingerprint density at radius 1 is 1.10 bits per heavy atom. The van der Waals surface area contributed by atoms with Crippen molar-refractivity contribution in [3.63, 3.8) is 0 Å². The summed E-state index contributed by atoms with van der Waals surface area (Å²) in [5, 5.41) is 12.7. The van der Waals surface area contributed by atoms with Crippen LogP contribution in [0.3, 0.4) is 0 Å². The molecule has 0 saturated carbocycles. The maximum Gasteiger partial charge on any atom is 0.0837 e. The topological polar surface area (TPSA) is 35.8 Å². The van der Waals surface area contributed by atoms with Crippen LogP contribution in [-0.4, -0.2) is 6.54 Å². The quantitative estimate of drug-likeness (QED) is 0.882. The van der Waals surface area contributed by atoms with Crippen molar-refractivity contribution in [2.75, 3.05) is 6.54 Å². The number of benzene rings is 2. The Hall–Kier alpha value is -1.63. The lowest BCUT2D eigenvalue weighted by Gasteiger charge is -2.17. The van der Waals surface area contributed by atoms with Gasteiger partial charge in [0.15, 0.2) is 0 Å². The van der Waals surface area contributed by atoms with Gasteiger partial charge in [0.1, 0.15) is 0 Å². The predicted molar refractivity (Wildman–Crippen MR) is 85.4 cm³/mol. The van der Waals surface area contributed by atoms with E-state index in [-0.39, 0.29) is 12.0 Å². The number of hydrogen-bond donors (Lipinski definition) is 1. The molecule has 3 heteroatoms. The van der Waals surface area contributed by atoms with Crippen molar-refractivity contribution < 1.29 is 0 Å². The molecule has 20 heavy (non-hydrogen) atoms. The van der Waals surface area contributed by atoms with E-state index in [0.29, 0.717) is 6.54 Å².